The molecule has 0 aliphatic carbocycles. The molecule has 0 atom stereocenters. The van der Waals surface area contributed by atoms with E-state index in [1.54, 1.807) is 0 Å². The highest BCUT2D eigenvalue weighted by molar-refractivity contribution is 6.00. The molecule has 98 valence electrons. The van der Waals surface area contributed by atoms with Gasteiger partial charge in [0.2, 0.25) is 5.91 Å². The molecule has 5 nitrogen and oxygen atoms in total. The fourth-order valence-corrected chi connectivity index (χ4v) is 1.44. The van der Waals surface area contributed by atoms with Crippen molar-refractivity contribution in [3.8, 4) is 0 Å². The Kier molecular flexibility index (Phi) is 5.26. The van der Waals surface area contributed by atoms with Crippen LogP contribution in [-0.4, -0.2) is 30.7 Å². The van der Waals surface area contributed by atoms with Crippen molar-refractivity contribution in [1.29, 1.82) is 0 Å². The number of halogens is 1. The van der Waals surface area contributed by atoms with Gasteiger partial charge in [0, 0.05) is 20.1 Å². The molecule has 0 saturated heterocycles. The summed E-state index contributed by atoms with van der Waals surface area (Å²) < 4.78 is 18.1. The number of nitrogens with one attached hydrogen (secondary N) is 1. The van der Waals surface area contributed by atoms with Gasteiger partial charge in [0.1, 0.15) is 11.4 Å². The van der Waals surface area contributed by atoms with E-state index in [0.29, 0.717) is 13.0 Å². The summed E-state index contributed by atoms with van der Waals surface area (Å²) in [5, 5.41) is 11.2. The number of aromatic carboxylic acids is 1. The van der Waals surface area contributed by atoms with Gasteiger partial charge in [0.25, 0.3) is 0 Å². The van der Waals surface area contributed by atoms with Crippen LogP contribution >= 0.6 is 0 Å². The number of carboxylic acids is 1. The molecule has 0 spiro atoms. The SMILES string of the molecule is COCCCC(=O)Nc1cccc(F)c1C(=O)O. The number of anilines is 1. The Hall–Kier alpha value is -1.95. The van der Waals surface area contributed by atoms with E-state index in [9.17, 15) is 14.0 Å². The largest absolute Gasteiger partial charge is 0.478 e. The number of benzene rings is 1. The van der Waals surface area contributed by atoms with Gasteiger partial charge in [-0.3, -0.25) is 4.79 Å². The molecular weight excluding hydrogens is 241 g/mol. The Labute approximate surface area is 104 Å². The monoisotopic (exact) mass is 255 g/mol. The highest BCUT2D eigenvalue weighted by atomic mass is 19.1. The average Bonchev–Trinajstić information content (AvgIpc) is 2.28. The van der Waals surface area contributed by atoms with E-state index in [0.717, 1.165) is 6.07 Å². The summed E-state index contributed by atoms with van der Waals surface area (Å²) in [5.74, 6) is -2.67. The number of ether oxygens (including phenoxy) is 1. The van der Waals surface area contributed by atoms with Gasteiger partial charge >= 0.3 is 5.97 Å². The standard InChI is InChI=1S/C12H14FNO4/c1-18-7-3-6-10(15)14-9-5-2-4-8(13)11(9)12(16)17/h2,4-5H,3,6-7H2,1H3,(H,14,15)(H,16,17). The van der Waals surface area contributed by atoms with Crippen molar-refractivity contribution >= 4 is 17.6 Å². The normalized spacial score (nSPS) is 10.1. The van der Waals surface area contributed by atoms with Gasteiger partial charge in [0.15, 0.2) is 0 Å². The molecule has 0 bridgehead atoms. The third-order valence-corrected chi connectivity index (χ3v) is 2.25. The van der Waals surface area contributed by atoms with Crippen molar-refractivity contribution < 1.29 is 23.8 Å². The molecule has 18 heavy (non-hydrogen) atoms. The van der Waals surface area contributed by atoms with Crippen LogP contribution in [0.3, 0.4) is 0 Å². The Balaban J connectivity index is 2.75. The maximum Gasteiger partial charge on any atom is 0.340 e. The summed E-state index contributed by atoms with van der Waals surface area (Å²) >= 11 is 0. The maximum atomic E-state index is 13.3. The first kappa shape index (κ1) is 14.1. The summed E-state index contributed by atoms with van der Waals surface area (Å²) in [6.07, 6.45) is 0.698. The molecule has 1 amide bonds. The average molecular weight is 255 g/mol. The lowest BCUT2D eigenvalue weighted by Crippen LogP contribution is -2.15. The summed E-state index contributed by atoms with van der Waals surface area (Å²) in [6, 6.07) is 3.72. The maximum absolute atomic E-state index is 13.3. The Morgan fingerprint density at radius 3 is 2.78 bits per heavy atom. The zero-order valence-corrected chi connectivity index (χ0v) is 9.90. The predicted molar refractivity (Wildman–Crippen MR) is 63.1 cm³/mol. The minimum absolute atomic E-state index is 0.0371. The Morgan fingerprint density at radius 2 is 2.17 bits per heavy atom. The summed E-state index contributed by atoms with van der Waals surface area (Å²) in [5.41, 5.74) is -0.567. The van der Waals surface area contributed by atoms with Crippen molar-refractivity contribution in [2.45, 2.75) is 12.8 Å². The van der Waals surface area contributed by atoms with Gasteiger partial charge in [-0.15, -0.1) is 0 Å². The first-order valence-electron chi connectivity index (χ1n) is 5.37. The quantitative estimate of drug-likeness (QED) is 0.761. The van der Waals surface area contributed by atoms with Gasteiger partial charge in [0.05, 0.1) is 5.69 Å². The Bertz CT molecular complexity index is 448. The third kappa shape index (κ3) is 3.81. The zero-order chi connectivity index (χ0) is 13.5. The van der Waals surface area contributed by atoms with Crippen LogP contribution in [0.4, 0.5) is 10.1 Å². The van der Waals surface area contributed by atoms with Crippen molar-refractivity contribution in [1.82, 2.24) is 0 Å². The van der Waals surface area contributed by atoms with Gasteiger partial charge in [-0.1, -0.05) is 6.07 Å². The van der Waals surface area contributed by atoms with Gasteiger partial charge in [-0.25, -0.2) is 9.18 Å². The van der Waals surface area contributed by atoms with E-state index in [1.807, 2.05) is 0 Å². The molecule has 1 rings (SSSR count). The fourth-order valence-electron chi connectivity index (χ4n) is 1.44. The van der Waals surface area contributed by atoms with E-state index in [2.05, 4.69) is 5.32 Å². The molecule has 2 N–H and O–H groups in total. The van der Waals surface area contributed by atoms with E-state index < -0.39 is 17.3 Å². The fraction of sp³-hybridized carbons (Fsp3) is 0.333. The Morgan fingerprint density at radius 1 is 1.44 bits per heavy atom. The minimum Gasteiger partial charge on any atom is -0.478 e. The second-order valence-electron chi connectivity index (χ2n) is 3.61. The molecular formula is C12H14FNO4. The summed E-state index contributed by atoms with van der Waals surface area (Å²) in [7, 11) is 1.52. The van der Waals surface area contributed by atoms with Gasteiger partial charge in [-0.05, 0) is 18.6 Å². The van der Waals surface area contributed by atoms with Crippen LogP contribution in [0, 0.1) is 5.82 Å². The van der Waals surface area contributed by atoms with Crippen molar-refractivity contribution in [2.24, 2.45) is 0 Å². The number of rotatable bonds is 6. The van der Waals surface area contributed by atoms with Crippen molar-refractivity contribution in [2.75, 3.05) is 19.0 Å². The topological polar surface area (TPSA) is 75.6 Å². The molecule has 0 unspecified atom stereocenters. The third-order valence-electron chi connectivity index (χ3n) is 2.25. The lowest BCUT2D eigenvalue weighted by molar-refractivity contribution is -0.116. The van der Waals surface area contributed by atoms with Crippen LogP contribution in [-0.2, 0) is 9.53 Å². The number of carboxylic acid groups (broad SMARTS) is 1. The van der Waals surface area contributed by atoms with Crippen LogP contribution < -0.4 is 5.32 Å². The molecule has 0 radical (unpaired) electrons. The smallest absolute Gasteiger partial charge is 0.340 e. The molecule has 6 heteroatoms. The lowest BCUT2D eigenvalue weighted by atomic mass is 10.1. The van der Waals surface area contributed by atoms with Crippen LogP contribution in [0.15, 0.2) is 18.2 Å². The van der Waals surface area contributed by atoms with Crippen LogP contribution in [0.25, 0.3) is 0 Å². The van der Waals surface area contributed by atoms with Crippen molar-refractivity contribution in [3.63, 3.8) is 0 Å². The highest BCUT2D eigenvalue weighted by Gasteiger charge is 2.16. The van der Waals surface area contributed by atoms with Crippen molar-refractivity contribution in [3.05, 3.63) is 29.6 Å². The van der Waals surface area contributed by atoms with E-state index in [4.69, 9.17) is 9.84 Å². The van der Waals surface area contributed by atoms with Crippen LogP contribution in [0.1, 0.15) is 23.2 Å². The number of methoxy groups -OCH3 is 1. The summed E-state index contributed by atoms with van der Waals surface area (Å²) in [4.78, 5) is 22.4. The van der Waals surface area contributed by atoms with Crippen LogP contribution in [0.5, 0.6) is 0 Å². The zero-order valence-electron chi connectivity index (χ0n) is 9.90. The summed E-state index contributed by atoms with van der Waals surface area (Å²) in [6.45, 7) is 0.433. The van der Waals surface area contributed by atoms with E-state index >= 15 is 0 Å². The first-order chi connectivity index (χ1) is 8.56. The number of hydrogen-bond acceptors (Lipinski definition) is 3. The highest BCUT2D eigenvalue weighted by Crippen LogP contribution is 2.19. The number of hydrogen-bond donors (Lipinski definition) is 2. The molecule has 0 heterocycles. The van der Waals surface area contributed by atoms with Gasteiger partial charge < -0.3 is 15.2 Å². The molecule has 0 aliphatic rings. The number of amides is 1. The van der Waals surface area contributed by atoms with E-state index in [-0.39, 0.29) is 18.0 Å². The molecule has 0 fully saturated rings. The number of carbonyl (C=O) groups excluding carboxylic acids is 1. The molecule has 0 saturated carbocycles. The second-order valence-corrected chi connectivity index (χ2v) is 3.61. The lowest BCUT2D eigenvalue weighted by Gasteiger charge is -2.08. The predicted octanol–water partition coefficient (Wildman–Crippen LogP) is 1.89. The molecule has 1 aromatic carbocycles. The van der Waals surface area contributed by atoms with Gasteiger partial charge in [-0.2, -0.15) is 0 Å². The van der Waals surface area contributed by atoms with E-state index in [1.165, 1.54) is 19.2 Å². The second kappa shape index (κ2) is 6.70. The molecule has 0 aromatic heterocycles. The van der Waals surface area contributed by atoms with Crippen LogP contribution in [0.2, 0.25) is 0 Å². The first-order valence-corrected chi connectivity index (χ1v) is 5.37. The number of carbonyl (C=O) groups is 2. The molecule has 1 aromatic rings. The molecule has 0 aliphatic heterocycles. The minimum atomic E-state index is -1.42.